The molecule has 0 saturated carbocycles. The van der Waals surface area contributed by atoms with Crippen molar-refractivity contribution in [2.75, 3.05) is 18.7 Å². The predicted molar refractivity (Wildman–Crippen MR) is 53.9 cm³/mol. The molecule has 1 rings (SSSR count). The van der Waals surface area contributed by atoms with Crippen molar-refractivity contribution >= 4 is 23.6 Å². The van der Waals surface area contributed by atoms with E-state index >= 15 is 0 Å². The Labute approximate surface area is 86.9 Å². The zero-order valence-corrected chi connectivity index (χ0v) is 9.02. The van der Waals surface area contributed by atoms with Gasteiger partial charge in [-0.25, -0.2) is 4.79 Å². The molecule has 0 aromatic heterocycles. The summed E-state index contributed by atoms with van der Waals surface area (Å²) in [5.41, 5.74) is 0. The van der Waals surface area contributed by atoms with Gasteiger partial charge in [0.25, 0.3) is 0 Å². The first-order chi connectivity index (χ1) is 6.65. The standard InChI is InChI=1S/C8H14N2O3S/c1-5(8(12)13-2)10-7(11)6-3-14-4-9-6/h5-6,9H,3-4H2,1-2H3,(H,10,11). The SMILES string of the molecule is COC(=O)C(C)NC(=O)C1CSCN1. The van der Waals surface area contributed by atoms with E-state index in [9.17, 15) is 9.59 Å². The molecular formula is C8H14N2O3S. The second-order valence-electron chi connectivity index (χ2n) is 3.03. The lowest BCUT2D eigenvalue weighted by Crippen LogP contribution is -2.48. The van der Waals surface area contributed by atoms with Gasteiger partial charge in [0.15, 0.2) is 0 Å². The summed E-state index contributed by atoms with van der Waals surface area (Å²) >= 11 is 1.66. The third-order valence-electron chi connectivity index (χ3n) is 1.95. The van der Waals surface area contributed by atoms with Crippen LogP contribution in [0.1, 0.15) is 6.92 Å². The summed E-state index contributed by atoms with van der Waals surface area (Å²) in [6.07, 6.45) is 0. The molecular weight excluding hydrogens is 204 g/mol. The Bertz CT molecular complexity index is 229. The molecule has 2 unspecified atom stereocenters. The van der Waals surface area contributed by atoms with Crippen molar-refractivity contribution in [3.63, 3.8) is 0 Å². The molecule has 14 heavy (non-hydrogen) atoms. The highest BCUT2D eigenvalue weighted by molar-refractivity contribution is 7.99. The minimum absolute atomic E-state index is 0.145. The zero-order valence-electron chi connectivity index (χ0n) is 8.20. The highest BCUT2D eigenvalue weighted by atomic mass is 32.2. The maximum atomic E-state index is 11.5. The Balaban J connectivity index is 2.35. The first-order valence-corrected chi connectivity index (χ1v) is 5.50. The van der Waals surface area contributed by atoms with Crippen LogP contribution in [-0.4, -0.2) is 42.7 Å². The number of nitrogens with one attached hydrogen (secondary N) is 2. The van der Waals surface area contributed by atoms with Gasteiger partial charge in [0.1, 0.15) is 6.04 Å². The molecule has 1 amide bonds. The van der Waals surface area contributed by atoms with Crippen LogP contribution >= 0.6 is 11.8 Å². The third-order valence-corrected chi connectivity index (χ3v) is 2.89. The van der Waals surface area contributed by atoms with Crippen LogP contribution in [0.25, 0.3) is 0 Å². The van der Waals surface area contributed by atoms with Crippen LogP contribution < -0.4 is 10.6 Å². The van der Waals surface area contributed by atoms with Crippen LogP contribution in [0.3, 0.4) is 0 Å². The van der Waals surface area contributed by atoms with Crippen LogP contribution in [0.2, 0.25) is 0 Å². The lowest BCUT2D eigenvalue weighted by Gasteiger charge is -2.14. The fourth-order valence-corrected chi connectivity index (χ4v) is 2.06. The molecule has 0 spiro atoms. The molecule has 5 nitrogen and oxygen atoms in total. The lowest BCUT2D eigenvalue weighted by atomic mass is 10.2. The molecule has 1 aliphatic rings. The maximum absolute atomic E-state index is 11.5. The molecule has 1 aliphatic heterocycles. The van der Waals surface area contributed by atoms with E-state index in [4.69, 9.17) is 0 Å². The normalized spacial score (nSPS) is 22.9. The van der Waals surface area contributed by atoms with Crippen molar-refractivity contribution in [2.24, 2.45) is 0 Å². The Morgan fingerprint density at radius 1 is 1.64 bits per heavy atom. The quantitative estimate of drug-likeness (QED) is 0.615. The number of carbonyl (C=O) groups is 2. The summed E-state index contributed by atoms with van der Waals surface area (Å²) in [6, 6.07) is -0.771. The molecule has 0 aromatic carbocycles. The Morgan fingerprint density at radius 3 is 2.86 bits per heavy atom. The Hall–Kier alpha value is -0.750. The van der Waals surface area contributed by atoms with E-state index in [1.165, 1.54) is 7.11 Å². The highest BCUT2D eigenvalue weighted by Crippen LogP contribution is 2.09. The van der Waals surface area contributed by atoms with E-state index in [2.05, 4.69) is 15.4 Å². The van der Waals surface area contributed by atoms with E-state index in [-0.39, 0.29) is 11.9 Å². The van der Waals surface area contributed by atoms with Gasteiger partial charge in [-0.05, 0) is 6.92 Å². The monoisotopic (exact) mass is 218 g/mol. The average Bonchev–Trinajstić information content (AvgIpc) is 2.69. The molecule has 1 heterocycles. The second-order valence-corrected chi connectivity index (χ2v) is 4.06. The molecule has 80 valence electrons. The van der Waals surface area contributed by atoms with Crippen LogP contribution in [0.5, 0.6) is 0 Å². The number of thioether (sulfide) groups is 1. The van der Waals surface area contributed by atoms with E-state index in [0.717, 1.165) is 11.6 Å². The molecule has 2 N–H and O–H groups in total. The number of rotatable bonds is 3. The van der Waals surface area contributed by atoms with Crippen molar-refractivity contribution in [2.45, 2.75) is 19.0 Å². The molecule has 0 aliphatic carbocycles. The van der Waals surface area contributed by atoms with Gasteiger partial charge >= 0.3 is 5.97 Å². The minimum Gasteiger partial charge on any atom is -0.467 e. The summed E-state index contributed by atoms with van der Waals surface area (Å²) < 4.78 is 4.50. The maximum Gasteiger partial charge on any atom is 0.328 e. The summed E-state index contributed by atoms with van der Waals surface area (Å²) in [5.74, 6) is 0.960. The molecule has 0 aromatic rings. The second kappa shape index (κ2) is 5.21. The van der Waals surface area contributed by atoms with E-state index < -0.39 is 12.0 Å². The zero-order chi connectivity index (χ0) is 10.6. The van der Waals surface area contributed by atoms with Gasteiger partial charge in [-0.2, -0.15) is 0 Å². The van der Waals surface area contributed by atoms with Crippen LogP contribution in [-0.2, 0) is 14.3 Å². The van der Waals surface area contributed by atoms with Crippen LogP contribution in [0, 0.1) is 0 Å². The van der Waals surface area contributed by atoms with Crippen LogP contribution in [0.15, 0.2) is 0 Å². The average molecular weight is 218 g/mol. The van der Waals surface area contributed by atoms with Crippen LogP contribution in [0.4, 0.5) is 0 Å². The Kier molecular flexibility index (Phi) is 4.21. The first kappa shape index (κ1) is 11.3. The van der Waals surface area contributed by atoms with E-state index in [0.29, 0.717) is 0 Å². The molecule has 6 heteroatoms. The fourth-order valence-electron chi connectivity index (χ4n) is 1.11. The number of hydrogen-bond acceptors (Lipinski definition) is 5. The van der Waals surface area contributed by atoms with Gasteiger partial charge in [-0.15, -0.1) is 11.8 Å². The number of ether oxygens (including phenoxy) is 1. The number of amides is 1. The number of esters is 1. The van der Waals surface area contributed by atoms with Gasteiger partial charge in [0.05, 0.1) is 13.2 Å². The molecule has 2 atom stereocenters. The van der Waals surface area contributed by atoms with Crippen molar-refractivity contribution < 1.29 is 14.3 Å². The van der Waals surface area contributed by atoms with Gasteiger partial charge in [-0.1, -0.05) is 0 Å². The highest BCUT2D eigenvalue weighted by Gasteiger charge is 2.25. The largest absolute Gasteiger partial charge is 0.467 e. The van der Waals surface area contributed by atoms with Gasteiger partial charge in [0.2, 0.25) is 5.91 Å². The smallest absolute Gasteiger partial charge is 0.328 e. The Morgan fingerprint density at radius 2 is 2.36 bits per heavy atom. The third kappa shape index (κ3) is 2.88. The fraction of sp³-hybridized carbons (Fsp3) is 0.750. The predicted octanol–water partition coefficient (Wildman–Crippen LogP) is -0.673. The van der Waals surface area contributed by atoms with Crippen molar-refractivity contribution in [1.29, 1.82) is 0 Å². The van der Waals surface area contributed by atoms with E-state index in [1.807, 2.05) is 0 Å². The van der Waals surface area contributed by atoms with Gasteiger partial charge in [-0.3, -0.25) is 10.1 Å². The lowest BCUT2D eigenvalue weighted by molar-refractivity contribution is -0.144. The topological polar surface area (TPSA) is 67.4 Å². The first-order valence-electron chi connectivity index (χ1n) is 4.34. The van der Waals surface area contributed by atoms with Gasteiger partial charge < -0.3 is 10.1 Å². The summed E-state index contributed by atoms with van der Waals surface area (Å²) in [4.78, 5) is 22.5. The number of carbonyl (C=O) groups excluding carboxylic acids is 2. The van der Waals surface area contributed by atoms with Gasteiger partial charge in [0, 0.05) is 11.6 Å². The van der Waals surface area contributed by atoms with Crippen molar-refractivity contribution in [1.82, 2.24) is 10.6 Å². The molecule has 0 radical (unpaired) electrons. The molecule has 1 saturated heterocycles. The summed E-state index contributed by atoms with van der Waals surface area (Å²) in [7, 11) is 1.30. The summed E-state index contributed by atoms with van der Waals surface area (Å²) in [5, 5.41) is 5.60. The summed E-state index contributed by atoms with van der Waals surface area (Å²) in [6.45, 7) is 1.60. The minimum atomic E-state index is -0.583. The van der Waals surface area contributed by atoms with Crippen molar-refractivity contribution in [3.05, 3.63) is 0 Å². The molecule has 1 fully saturated rings. The van der Waals surface area contributed by atoms with Crippen molar-refractivity contribution in [3.8, 4) is 0 Å². The molecule has 0 bridgehead atoms. The number of hydrogen-bond donors (Lipinski definition) is 2. The van der Waals surface area contributed by atoms with E-state index in [1.54, 1.807) is 18.7 Å². The number of methoxy groups -OCH3 is 1.